The van der Waals surface area contributed by atoms with E-state index in [1.807, 2.05) is 91.0 Å². The molecule has 0 radical (unpaired) electrons. The number of hydrogen-bond donors (Lipinski definition) is 0. The topological polar surface area (TPSA) is 55.4 Å². The lowest BCUT2D eigenvalue weighted by atomic mass is 9.99. The minimum atomic E-state index is -0.513. The van der Waals surface area contributed by atoms with Gasteiger partial charge in [-0.2, -0.15) is 0 Å². The van der Waals surface area contributed by atoms with Crippen LogP contribution in [-0.2, 0) is 48.5 Å². The van der Waals surface area contributed by atoms with Crippen LogP contribution in [0.1, 0.15) is 23.6 Å². The summed E-state index contributed by atoms with van der Waals surface area (Å²) in [4.78, 5) is 11.1. The van der Waals surface area contributed by atoms with Crippen LogP contribution < -0.4 is 0 Å². The van der Waals surface area contributed by atoms with Gasteiger partial charge in [0.25, 0.3) is 0 Å². The van der Waals surface area contributed by atoms with Gasteiger partial charge in [0, 0.05) is 0 Å². The second-order valence-corrected chi connectivity index (χ2v) is 10.1. The molecule has 6 nitrogen and oxygen atoms in total. The molecule has 3 aromatic carbocycles. The molecule has 4 rings (SSSR count). The van der Waals surface area contributed by atoms with Gasteiger partial charge in [-0.25, -0.2) is 9.78 Å². The molecule has 0 spiro atoms. The highest BCUT2D eigenvalue weighted by Crippen LogP contribution is 2.35. The molecule has 5 atom stereocenters. The summed E-state index contributed by atoms with van der Waals surface area (Å²) in [6, 6.07) is 30.3. The lowest BCUT2D eigenvalue weighted by molar-refractivity contribution is -0.370. The molecule has 7 heteroatoms. The monoisotopic (exact) mass is 524 g/mol. The summed E-state index contributed by atoms with van der Waals surface area (Å²) in [5, 5.41) is 0. The van der Waals surface area contributed by atoms with Gasteiger partial charge in [0.1, 0.15) is 23.7 Å². The average Bonchev–Trinajstić information content (AvgIpc) is 2.94. The summed E-state index contributed by atoms with van der Waals surface area (Å²) in [6.07, 6.45) is -1.75. The molecule has 1 saturated heterocycles. The zero-order valence-electron chi connectivity index (χ0n) is 21.4. The summed E-state index contributed by atoms with van der Waals surface area (Å²) in [7, 11) is 1.51. The Morgan fingerprint density at radius 1 is 0.676 bits per heavy atom. The van der Waals surface area contributed by atoms with Crippen molar-refractivity contribution >= 4 is 11.8 Å². The van der Waals surface area contributed by atoms with Crippen molar-refractivity contribution in [1.82, 2.24) is 0 Å². The SMILES string of the molecule is CCSC1O[C@H](COCc2ccccc2)[C@@H](OCc2ccccc2)[C@H](OOC)[C@H]1OCc1ccccc1. The molecule has 1 heterocycles. The van der Waals surface area contributed by atoms with Crippen molar-refractivity contribution in [3.05, 3.63) is 108 Å². The lowest BCUT2D eigenvalue weighted by Gasteiger charge is -2.45. The molecule has 0 amide bonds. The smallest absolute Gasteiger partial charge is 0.151 e. The molecule has 0 saturated carbocycles. The Morgan fingerprint density at radius 2 is 1.19 bits per heavy atom. The number of ether oxygens (including phenoxy) is 4. The molecule has 0 aromatic heterocycles. The molecule has 1 unspecified atom stereocenters. The predicted molar refractivity (Wildman–Crippen MR) is 145 cm³/mol. The molecule has 0 aliphatic carbocycles. The Bertz CT molecular complexity index is 1010. The standard InChI is InChI=1S/C30H36O6S/c1-3-37-30-29(34-21-25-17-11-6-12-18-25)28(36-31-2)27(33-20-24-15-9-5-10-16-24)26(35-30)22-32-19-23-13-7-4-8-14-23/h4-18,26-30H,3,19-22H2,1-2H3/t26-,27-,28+,29-,30?/m1/s1. The first-order chi connectivity index (χ1) is 18.3. The third-order valence-corrected chi connectivity index (χ3v) is 7.13. The quantitative estimate of drug-likeness (QED) is 0.195. The number of rotatable bonds is 14. The van der Waals surface area contributed by atoms with Crippen LogP contribution in [0.25, 0.3) is 0 Å². The first kappa shape index (κ1) is 27.8. The third kappa shape index (κ3) is 8.38. The Morgan fingerprint density at radius 3 is 1.70 bits per heavy atom. The third-order valence-electron chi connectivity index (χ3n) is 6.09. The Hall–Kier alpha value is -2.23. The van der Waals surface area contributed by atoms with Crippen molar-refractivity contribution in [3.8, 4) is 0 Å². The maximum Gasteiger partial charge on any atom is 0.151 e. The van der Waals surface area contributed by atoms with Crippen molar-refractivity contribution < 1.29 is 28.7 Å². The summed E-state index contributed by atoms with van der Waals surface area (Å²) >= 11 is 1.68. The fourth-order valence-electron chi connectivity index (χ4n) is 4.31. The van der Waals surface area contributed by atoms with E-state index in [9.17, 15) is 0 Å². The first-order valence-corrected chi connectivity index (χ1v) is 13.7. The molecule has 1 fully saturated rings. The van der Waals surface area contributed by atoms with Gasteiger partial charge >= 0.3 is 0 Å². The van der Waals surface area contributed by atoms with E-state index in [1.165, 1.54) is 7.11 Å². The molecular formula is C30H36O6S. The zero-order chi connectivity index (χ0) is 25.7. The van der Waals surface area contributed by atoms with Crippen LogP contribution in [0.5, 0.6) is 0 Å². The van der Waals surface area contributed by atoms with Gasteiger partial charge in [-0.1, -0.05) is 97.9 Å². The van der Waals surface area contributed by atoms with Crippen LogP contribution in [0.3, 0.4) is 0 Å². The first-order valence-electron chi connectivity index (χ1n) is 12.7. The van der Waals surface area contributed by atoms with E-state index in [2.05, 4.69) is 6.92 Å². The van der Waals surface area contributed by atoms with Gasteiger partial charge in [0.2, 0.25) is 0 Å². The zero-order valence-corrected chi connectivity index (χ0v) is 22.3. The van der Waals surface area contributed by atoms with Gasteiger partial charge in [-0.05, 0) is 22.4 Å². The van der Waals surface area contributed by atoms with Crippen molar-refractivity contribution in [2.24, 2.45) is 0 Å². The lowest BCUT2D eigenvalue weighted by Crippen LogP contribution is -2.60. The van der Waals surface area contributed by atoms with Crippen molar-refractivity contribution in [1.29, 1.82) is 0 Å². The van der Waals surface area contributed by atoms with E-state index in [4.69, 9.17) is 28.7 Å². The van der Waals surface area contributed by atoms with Gasteiger partial charge < -0.3 is 18.9 Å². The number of thioether (sulfide) groups is 1. The van der Waals surface area contributed by atoms with Gasteiger partial charge in [0.05, 0.1) is 33.5 Å². The molecule has 3 aromatic rings. The second-order valence-electron chi connectivity index (χ2n) is 8.75. The van der Waals surface area contributed by atoms with Gasteiger partial charge in [-0.15, -0.1) is 11.8 Å². The highest BCUT2D eigenvalue weighted by Gasteiger charge is 2.49. The summed E-state index contributed by atoms with van der Waals surface area (Å²) in [6.45, 7) is 3.78. The minimum Gasteiger partial charge on any atom is -0.374 e. The summed E-state index contributed by atoms with van der Waals surface area (Å²) in [5.74, 6) is 0.864. The minimum absolute atomic E-state index is 0.268. The average molecular weight is 525 g/mol. The molecule has 1 aliphatic heterocycles. The maximum absolute atomic E-state index is 6.60. The van der Waals surface area contributed by atoms with E-state index in [0.29, 0.717) is 26.4 Å². The van der Waals surface area contributed by atoms with Crippen molar-refractivity contribution in [3.63, 3.8) is 0 Å². The van der Waals surface area contributed by atoms with Crippen LogP contribution in [0.4, 0.5) is 0 Å². The maximum atomic E-state index is 6.60. The molecular weight excluding hydrogens is 488 g/mol. The van der Waals surface area contributed by atoms with E-state index >= 15 is 0 Å². The Kier molecular flexibility index (Phi) is 11.5. The van der Waals surface area contributed by atoms with Gasteiger partial charge in [0.15, 0.2) is 6.10 Å². The molecule has 198 valence electrons. The van der Waals surface area contributed by atoms with E-state index in [-0.39, 0.29) is 11.5 Å². The Balaban J connectivity index is 1.52. The van der Waals surface area contributed by atoms with Crippen molar-refractivity contribution in [2.75, 3.05) is 19.5 Å². The largest absolute Gasteiger partial charge is 0.374 e. The number of benzene rings is 3. The normalized spacial score (nSPS) is 23.7. The van der Waals surface area contributed by atoms with Gasteiger partial charge in [-0.3, -0.25) is 0 Å². The van der Waals surface area contributed by atoms with Crippen LogP contribution in [0.2, 0.25) is 0 Å². The fraction of sp³-hybridized carbons (Fsp3) is 0.400. The molecule has 1 aliphatic rings. The van der Waals surface area contributed by atoms with E-state index in [0.717, 1.165) is 22.4 Å². The van der Waals surface area contributed by atoms with E-state index < -0.39 is 18.3 Å². The van der Waals surface area contributed by atoms with E-state index in [1.54, 1.807) is 11.8 Å². The van der Waals surface area contributed by atoms with Crippen LogP contribution in [-0.4, -0.2) is 49.3 Å². The highest BCUT2D eigenvalue weighted by atomic mass is 32.2. The summed E-state index contributed by atoms with van der Waals surface area (Å²) < 4.78 is 25.6. The molecule has 37 heavy (non-hydrogen) atoms. The van der Waals surface area contributed by atoms with Crippen LogP contribution in [0.15, 0.2) is 91.0 Å². The molecule has 0 N–H and O–H groups in total. The summed E-state index contributed by atoms with van der Waals surface area (Å²) in [5.41, 5.74) is 2.98. The number of hydrogen-bond acceptors (Lipinski definition) is 7. The fourth-order valence-corrected chi connectivity index (χ4v) is 5.28. The Labute approximate surface area is 224 Å². The predicted octanol–water partition coefficient (Wildman–Crippen LogP) is 5.80. The van der Waals surface area contributed by atoms with Crippen LogP contribution >= 0.6 is 11.8 Å². The molecule has 0 bridgehead atoms. The highest BCUT2D eigenvalue weighted by molar-refractivity contribution is 7.99. The van der Waals surface area contributed by atoms with Crippen LogP contribution in [0, 0.1) is 0 Å². The van der Waals surface area contributed by atoms with Crippen molar-refractivity contribution in [2.45, 2.75) is 56.6 Å². The second kappa shape index (κ2) is 15.2.